The van der Waals surface area contributed by atoms with Gasteiger partial charge in [0.1, 0.15) is 0 Å². The highest BCUT2D eigenvalue weighted by molar-refractivity contribution is 6.71. The average Bonchev–Trinajstić information content (AvgIpc) is 3.45. The van der Waals surface area contributed by atoms with E-state index in [1.54, 1.807) is 0 Å². The molecule has 4 saturated heterocycles. The zero-order valence-corrected chi connectivity index (χ0v) is 33.8. The molecule has 4 aliphatic heterocycles. The molecule has 0 aromatic heterocycles. The summed E-state index contributed by atoms with van der Waals surface area (Å²) in [6, 6.07) is 0. The van der Waals surface area contributed by atoms with Gasteiger partial charge in [-0.05, 0) is 146 Å². The third-order valence-electron chi connectivity index (χ3n) is 12.6. The van der Waals surface area contributed by atoms with Gasteiger partial charge in [-0.2, -0.15) is 0 Å². The van der Waals surface area contributed by atoms with Crippen molar-refractivity contribution in [3.05, 3.63) is 21.9 Å². The van der Waals surface area contributed by atoms with Crippen molar-refractivity contribution in [2.45, 2.75) is 208 Å². The molecule has 270 valence electrons. The molecule has 4 rings (SSSR count). The quantitative estimate of drug-likeness (QED) is 0.160. The first kappa shape index (κ1) is 40.2. The van der Waals surface area contributed by atoms with Gasteiger partial charge in [-0.25, -0.2) is 0 Å². The fourth-order valence-corrected chi connectivity index (χ4v) is 6.29. The molecule has 0 atom stereocenters. The summed E-state index contributed by atoms with van der Waals surface area (Å²) in [6.45, 7) is 37.9. The molecular formula is C36H66B4O8. The highest BCUT2D eigenvalue weighted by Crippen LogP contribution is 2.50. The van der Waals surface area contributed by atoms with Crippen molar-refractivity contribution in [3.8, 4) is 0 Å². The predicted octanol–water partition coefficient (Wildman–Crippen LogP) is 8.49. The Balaban J connectivity index is 2.12. The van der Waals surface area contributed by atoms with Crippen LogP contribution in [0.15, 0.2) is 21.9 Å². The largest absolute Gasteiger partial charge is 0.493 e. The standard InChI is InChI=1S/C36H66B4O8/c1-19-21-23-25(37-41-29(3,4)30(5,6)42-37)27(39-45-33(11,12)34(13,14)46-39)28(40-47-35(15,16)36(17,18)48-40)26(24-22-20-2)38-43-31(7,8)32(9,10)44-38/h19-24H2,1-18H3/b27-25-,28-26-. The highest BCUT2D eigenvalue weighted by atomic mass is 16.7. The maximum atomic E-state index is 6.98. The van der Waals surface area contributed by atoms with Gasteiger partial charge >= 0.3 is 28.5 Å². The number of allylic oxidation sites excluding steroid dienone is 4. The molecule has 0 bridgehead atoms. The minimum atomic E-state index is -0.742. The Labute approximate surface area is 295 Å². The second kappa shape index (κ2) is 13.1. The normalized spacial score (nSPS) is 28.6. The van der Waals surface area contributed by atoms with E-state index in [0.29, 0.717) is 0 Å². The van der Waals surface area contributed by atoms with E-state index < -0.39 is 73.3 Å². The van der Waals surface area contributed by atoms with Crippen LogP contribution in [-0.4, -0.2) is 73.3 Å². The maximum absolute atomic E-state index is 6.98. The zero-order valence-electron chi connectivity index (χ0n) is 33.8. The molecule has 4 heterocycles. The smallest absolute Gasteiger partial charge is 0.400 e. The molecule has 0 aromatic rings. The number of hydrogen-bond acceptors (Lipinski definition) is 8. The van der Waals surface area contributed by atoms with Gasteiger partial charge in [0, 0.05) is 0 Å². The molecule has 0 N–H and O–H groups in total. The Bertz CT molecular complexity index is 1110. The van der Waals surface area contributed by atoms with Crippen molar-refractivity contribution in [1.82, 2.24) is 0 Å². The van der Waals surface area contributed by atoms with Crippen LogP contribution in [0.25, 0.3) is 0 Å². The number of unbranched alkanes of at least 4 members (excludes halogenated alkanes) is 2. The number of hydrogen-bond donors (Lipinski definition) is 0. The molecule has 12 heteroatoms. The summed E-state index contributed by atoms with van der Waals surface area (Å²) in [5, 5.41) is 0. The molecule has 0 unspecified atom stereocenters. The fourth-order valence-electron chi connectivity index (χ4n) is 6.29. The van der Waals surface area contributed by atoms with Crippen LogP contribution in [-0.2, 0) is 37.2 Å². The van der Waals surface area contributed by atoms with Crippen LogP contribution in [0, 0.1) is 0 Å². The van der Waals surface area contributed by atoms with Gasteiger partial charge in [0.2, 0.25) is 0 Å². The summed E-state index contributed by atoms with van der Waals surface area (Å²) in [7, 11) is -2.74. The van der Waals surface area contributed by atoms with Crippen molar-refractivity contribution in [3.63, 3.8) is 0 Å². The van der Waals surface area contributed by atoms with E-state index in [1.807, 2.05) is 0 Å². The third kappa shape index (κ3) is 7.22. The van der Waals surface area contributed by atoms with E-state index in [9.17, 15) is 0 Å². The summed E-state index contributed by atoms with van der Waals surface area (Å²) in [6.07, 6.45) is 5.30. The van der Waals surface area contributed by atoms with E-state index in [-0.39, 0.29) is 0 Å². The summed E-state index contributed by atoms with van der Waals surface area (Å²) in [5.41, 5.74) is -0.834. The van der Waals surface area contributed by atoms with Gasteiger partial charge in [0.25, 0.3) is 0 Å². The third-order valence-corrected chi connectivity index (χ3v) is 12.6. The first-order valence-corrected chi connectivity index (χ1v) is 18.5. The van der Waals surface area contributed by atoms with Crippen molar-refractivity contribution in [1.29, 1.82) is 0 Å². The Morgan fingerprint density at radius 1 is 0.333 bits per heavy atom. The van der Waals surface area contributed by atoms with Crippen LogP contribution in [0.2, 0.25) is 0 Å². The summed E-state index contributed by atoms with van der Waals surface area (Å²) < 4.78 is 55.3. The lowest BCUT2D eigenvalue weighted by atomic mass is 9.50. The Hall–Kier alpha value is -0.580. The summed E-state index contributed by atoms with van der Waals surface area (Å²) in [4.78, 5) is 0. The molecule has 0 amide bonds. The fraction of sp³-hybridized carbons (Fsp3) is 0.889. The Morgan fingerprint density at radius 2 is 0.521 bits per heavy atom. The minimum Gasteiger partial charge on any atom is -0.400 e. The number of rotatable bonds is 11. The molecule has 0 aromatic carbocycles. The molecule has 4 fully saturated rings. The van der Waals surface area contributed by atoms with E-state index in [2.05, 4.69) is 125 Å². The monoisotopic (exact) mass is 671 g/mol. The first-order chi connectivity index (χ1) is 21.7. The van der Waals surface area contributed by atoms with Crippen molar-refractivity contribution in [2.24, 2.45) is 0 Å². The molecule has 0 spiro atoms. The SMILES string of the molecule is CCCC/C(B1OC(C)(C)C(C)(C)O1)=C(B1OC(C)(C)C(C)(C)O1)\C(B1OC(C)(C)C(C)(C)O1)=C(/CCCC)B1OC(C)(C)C(C)(C)O1. The zero-order chi connectivity index (χ0) is 36.5. The molecule has 48 heavy (non-hydrogen) atoms. The molecule has 0 aliphatic carbocycles. The second-order valence-corrected chi connectivity index (χ2v) is 18.4. The lowest BCUT2D eigenvalue weighted by Gasteiger charge is -2.32. The summed E-state index contributed by atoms with van der Waals surface area (Å²) >= 11 is 0. The molecule has 4 aliphatic rings. The van der Waals surface area contributed by atoms with Crippen LogP contribution >= 0.6 is 0 Å². The lowest BCUT2D eigenvalue weighted by molar-refractivity contribution is 0.00578. The lowest BCUT2D eigenvalue weighted by Crippen LogP contribution is -2.41. The van der Waals surface area contributed by atoms with E-state index >= 15 is 0 Å². The van der Waals surface area contributed by atoms with Gasteiger partial charge in [0.05, 0.1) is 44.8 Å². The Morgan fingerprint density at radius 3 is 0.708 bits per heavy atom. The second-order valence-electron chi connectivity index (χ2n) is 18.4. The minimum absolute atomic E-state index is 0.541. The highest BCUT2D eigenvalue weighted by Gasteiger charge is 2.62. The van der Waals surface area contributed by atoms with Gasteiger partial charge in [-0.3, -0.25) is 0 Å². The first-order valence-electron chi connectivity index (χ1n) is 18.5. The van der Waals surface area contributed by atoms with Gasteiger partial charge in [-0.1, -0.05) is 39.5 Å². The van der Waals surface area contributed by atoms with Gasteiger partial charge in [-0.15, -0.1) is 0 Å². The average molecular weight is 670 g/mol. The van der Waals surface area contributed by atoms with Crippen molar-refractivity contribution in [2.75, 3.05) is 0 Å². The van der Waals surface area contributed by atoms with Crippen LogP contribution in [0.4, 0.5) is 0 Å². The predicted molar refractivity (Wildman–Crippen MR) is 197 cm³/mol. The van der Waals surface area contributed by atoms with E-state index in [0.717, 1.165) is 60.4 Å². The van der Waals surface area contributed by atoms with Crippen LogP contribution in [0.3, 0.4) is 0 Å². The topological polar surface area (TPSA) is 73.8 Å². The molecular weight excluding hydrogens is 604 g/mol. The van der Waals surface area contributed by atoms with Crippen molar-refractivity contribution >= 4 is 28.5 Å². The van der Waals surface area contributed by atoms with Crippen LogP contribution in [0.1, 0.15) is 163 Å². The van der Waals surface area contributed by atoms with E-state index in [4.69, 9.17) is 37.2 Å². The van der Waals surface area contributed by atoms with Crippen molar-refractivity contribution < 1.29 is 37.2 Å². The summed E-state index contributed by atoms with van der Waals surface area (Å²) in [5.74, 6) is 0. The van der Waals surface area contributed by atoms with Crippen LogP contribution in [0.5, 0.6) is 0 Å². The van der Waals surface area contributed by atoms with Gasteiger partial charge in [0.15, 0.2) is 0 Å². The molecule has 8 nitrogen and oxygen atoms in total. The molecule has 0 saturated carbocycles. The van der Waals surface area contributed by atoms with Crippen LogP contribution < -0.4 is 0 Å². The Kier molecular flexibility index (Phi) is 11.0. The molecule has 0 radical (unpaired) electrons. The van der Waals surface area contributed by atoms with E-state index in [1.165, 1.54) is 0 Å². The maximum Gasteiger partial charge on any atom is 0.493 e. The van der Waals surface area contributed by atoms with Gasteiger partial charge < -0.3 is 37.2 Å².